The number of nitrogens with two attached hydrogens (primary N) is 1. The Morgan fingerprint density at radius 2 is 1.39 bits per heavy atom. The molecule has 0 radical (unpaired) electrons. The summed E-state index contributed by atoms with van der Waals surface area (Å²) in [5.74, 6) is -0.968. The zero-order chi connectivity index (χ0) is 27.3. The van der Waals surface area contributed by atoms with E-state index in [0.717, 1.165) is 0 Å². The molecule has 0 aromatic heterocycles. The summed E-state index contributed by atoms with van der Waals surface area (Å²) in [6.07, 6.45) is -3.82. The van der Waals surface area contributed by atoms with Gasteiger partial charge in [0, 0.05) is 0 Å². The molecule has 12 nitrogen and oxygen atoms in total. The van der Waals surface area contributed by atoms with Crippen molar-refractivity contribution in [2.45, 2.75) is 78.7 Å². The minimum Gasteiger partial charge on any atom is -0.461 e. The fraction of sp³-hybridized carbons (Fsp3) is 0.583. The van der Waals surface area contributed by atoms with Gasteiger partial charge in [-0.15, -0.1) is 0 Å². The quantitative estimate of drug-likeness (QED) is 0.244. The second kappa shape index (κ2) is 15.5. The summed E-state index contributed by atoms with van der Waals surface area (Å²) in [6, 6.07) is 3.19. The van der Waals surface area contributed by atoms with Gasteiger partial charge in [0.2, 0.25) is 0 Å². The highest BCUT2D eigenvalue weighted by molar-refractivity contribution is 5.76. The highest BCUT2D eigenvalue weighted by Gasteiger charge is 2.22. The van der Waals surface area contributed by atoms with Crippen molar-refractivity contribution in [2.75, 3.05) is 13.2 Å². The average Bonchev–Trinajstić information content (AvgIpc) is 2.76. The minimum absolute atomic E-state index is 0.00107. The fourth-order valence-electron chi connectivity index (χ4n) is 2.52. The Hall–Kier alpha value is -3.54. The monoisotopic (exact) mass is 513 g/mol. The molecular weight excluding hydrogens is 478 g/mol. The molecule has 12 heteroatoms. The summed E-state index contributed by atoms with van der Waals surface area (Å²) in [7, 11) is 0. The third-order valence-electron chi connectivity index (χ3n) is 4.00. The number of hydrogen-bond donors (Lipinski definition) is 1. The highest BCUT2D eigenvalue weighted by atomic mass is 16.8. The summed E-state index contributed by atoms with van der Waals surface area (Å²) in [6.45, 7) is 9.95. The lowest BCUT2D eigenvalue weighted by Gasteiger charge is -2.17. The molecule has 0 bridgehead atoms. The van der Waals surface area contributed by atoms with Gasteiger partial charge in [0.05, 0.1) is 18.8 Å². The Kier molecular flexibility index (Phi) is 13.1. The molecule has 0 aliphatic carbocycles. The van der Waals surface area contributed by atoms with Gasteiger partial charge in [0.15, 0.2) is 11.5 Å². The van der Waals surface area contributed by atoms with E-state index in [1.54, 1.807) is 27.7 Å². The van der Waals surface area contributed by atoms with Crippen molar-refractivity contribution < 1.29 is 52.3 Å². The lowest BCUT2D eigenvalue weighted by atomic mass is 10.1. The maximum atomic E-state index is 12.3. The van der Waals surface area contributed by atoms with Crippen LogP contribution in [0.2, 0.25) is 0 Å². The summed E-state index contributed by atoms with van der Waals surface area (Å²) in [5, 5.41) is 0. The predicted molar refractivity (Wildman–Crippen MR) is 126 cm³/mol. The van der Waals surface area contributed by atoms with E-state index in [0.29, 0.717) is 12.0 Å². The van der Waals surface area contributed by atoms with Gasteiger partial charge in [-0.2, -0.15) is 0 Å². The predicted octanol–water partition coefficient (Wildman–Crippen LogP) is 3.90. The van der Waals surface area contributed by atoms with Crippen LogP contribution in [-0.4, -0.2) is 62.0 Å². The van der Waals surface area contributed by atoms with Crippen LogP contribution in [0.4, 0.5) is 14.4 Å². The molecule has 2 atom stereocenters. The van der Waals surface area contributed by atoms with Crippen LogP contribution in [0.25, 0.3) is 0 Å². The Morgan fingerprint density at radius 3 is 1.94 bits per heavy atom. The van der Waals surface area contributed by atoms with E-state index in [1.807, 2.05) is 6.92 Å². The van der Waals surface area contributed by atoms with E-state index in [4.69, 9.17) is 38.9 Å². The van der Waals surface area contributed by atoms with E-state index in [9.17, 15) is 19.2 Å². The van der Waals surface area contributed by atoms with Gasteiger partial charge in [-0.05, 0) is 65.2 Å². The maximum absolute atomic E-state index is 12.3. The molecule has 0 heterocycles. The molecule has 0 aliphatic rings. The highest BCUT2D eigenvalue weighted by Crippen LogP contribution is 2.30. The van der Waals surface area contributed by atoms with Crippen LogP contribution < -0.4 is 15.2 Å². The number of benzene rings is 1. The van der Waals surface area contributed by atoms with Crippen molar-refractivity contribution in [2.24, 2.45) is 5.73 Å². The third kappa shape index (κ3) is 12.2. The maximum Gasteiger partial charge on any atom is 0.514 e. The molecule has 0 fully saturated rings. The topological polar surface area (TPSA) is 159 Å². The Morgan fingerprint density at radius 1 is 0.806 bits per heavy atom. The fourth-order valence-corrected chi connectivity index (χ4v) is 2.52. The number of hydrogen-bond acceptors (Lipinski definition) is 12. The molecule has 0 saturated carbocycles. The zero-order valence-electron chi connectivity index (χ0n) is 21.4. The minimum atomic E-state index is -1.09. The van der Waals surface area contributed by atoms with Gasteiger partial charge < -0.3 is 38.9 Å². The molecule has 2 N–H and O–H groups in total. The summed E-state index contributed by atoms with van der Waals surface area (Å²) in [5.41, 5.74) is 6.42. The Balaban J connectivity index is 2.82. The first-order valence-corrected chi connectivity index (χ1v) is 11.6. The first kappa shape index (κ1) is 30.5. The number of carbonyl (C=O) groups excluding carboxylic acids is 4. The molecule has 1 rings (SSSR count). The second-order valence-corrected chi connectivity index (χ2v) is 8.29. The summed E-state index contributed by atoms with van der Waals surface area (Å²) < 4.78 is 35.1. The SMILES string of the molecule is CCCOC(=O)O[C@@H](C)COC(=O)[C@@H](N)Cc1ccc(OC(=O)OC(C)C)c(OC(=O)OC(C)C)c1. The van der Waals surface area contributed by atoms with E-state index >= 15 is 0 Å². The van der Waals surface area contributed by atoms with Crippen molar-refractivity contribution in [3.05, 3.63) is 23.8 Å². The van der Waals surface area contributed by atoms with Crippen LogP contribution in [0, 0.1) is 0 Å². The molecule has 0 unspecified atom stereocenters. The first-order chi connectivity index (χ1) is 16.9. The molecule has 202 valence electrons. The van der Waals surface area contributed by atoms with Gasteiger partial charge in [0.25, 0.3) is 0 Å². The normalized spacial score (nSPS) is 12.4. The van der Waals surface area contributed by atoms with Gasteiger partial charge in [-0.1, -0.05) is 13.0 Å². The van der Waals surface area contributed by atoms with Crippen LogP contribution in [0.3, 0.4) is 0 Å². The van der Waals surface area contributed by atoms with Crippen LogP contribution >= 0.6 is 0 Å². The smallest absolute Gasteiger partial charge is 0.461 e. The lowest BCUT2D eigenvalue weighted by molar-refractivity contribution is -0.148. The number of esters is 1. The Labute approximate surface area is 210 Å². The number of carbonyl (C=O) groups is 4. The number of ether oxygens (including phenoxy) is 7. The molecule has 36 heavy (non-hydrogen) atoms. The zero-order valence-corrected chi connectivity index (χ0v) is 21.4. The molecule has 0 aliphatic heterocycles. The number of rotatable bonds is 12. The van der Waals surface area contributed by atoms with Gasteiger partial charge in [-0.3, -0.25) is 4.79 Å². The molecule has 0 amide bonds. The Bertz CT molecular complexity index is 885. The van der Waals surface area contributed by atoms with Gasteiger partial charge >= 0.3 is 24.4 Å². The average molecular weight is 514 g/mol. The van der Waals surface area contributed by atoms with Crippen molar-refractivity contribution in [3.8, 4) is 11.5 Å². The van der Waals surface area contributed by atoms with Crippen molar-refractivity contribution >= 4 is 24.4 Å². The van der Waals surface area contributed by atoms with Crippen LogP contribution in [0.15, 0.2) is 18.2 Å². The van der Waals surface area contributed by atoms with Crippen molar-refractivity contribution in [1.82, 2.24) is 0 Å². The molecule has 0 saturated heterocycles. The standard InChI is InChI=1S/C24H35NO11/c1-7-10-30-22(27)34-16(6)13-31-21(26)18(25)11-17-8-9-19(35-23(28)32-14(2)3)20(12-17)36-24(29)33-15(4)5/h8-9,12,14-16,18H,7,10-11,13,25H2,1-6H3/t16-,18-/m0/s1. The largest absolute Gasteiger partial charge is 0.514 e. The van der Waals surface area contributed by atoms with E-state index < -0.39 is 48.8 Å². The molecular formula is C24H35NO11. The molecule has 0 spiro atoms. The van der Waals surface area contributed by atoms with E-state index in [2.05, 4.69) is 0 Å². The third-order valence-corrected chi connectivity index (χ3v) is 4.00. The van der Waals surface area contributed by atoms with E-state index in [-0.39, 0.29) is 31.1 Å². The van der Waals surface area contributed by atoms with Gasteiger partial charge in [-0.25, -0.2) is 14.4 Å². The second-order valence-electron chi connectivity index (χ2n) is 8.29. The lowest BCUT2D eigenvalue weighted by Crippen LogP contribution is -2.36. The summed E-state index contributed by atoms with van der Waals surface area (Å²) >= 11 is 0. The van der Waals surface area contributed by atoms with Crippen LogP contribution in [-0.2, 0) is 34.9 Å². The van der Waals surface area contributed by atoms with Crippen molar-refractivity contribution in [1.29, 1.82) is 0 Å². The summed E-state index contributed by atoms with van der Waals surface area (Å²) in [4.78, 5) is 47.7. The first-order valence-electron chi connectivity index (χ1n) is 11.6. The van der Waals surface area contributed by atoms with Crippen molar-refractivity contribution in [3.63, 3.8) is 0 Å². The molecule has 1 aromatic carbocycles. The van der Waals surface area contributed by atoms with Crippen LogP contribution in [0.1, 0.15) is 53.5 Å². The van der Waals surface area contributed by atoms with Gasteiger partial charge in [0.1, 0.15) is 18.8 Å². The van der Waals surface area contributed by atoms with Crippen LogP contribution in [0.5, 0.6) is 11.5 Å². The van der Waals surface area contributed by atoms with E-state index in [1.165, 1.54) is 25.1 Å². The molecule has 1 aromatic rings.